The van der Waals surface area contributed by atoms with Gasteiger partial charge in [-0.1, -0.05) is 23.7 Å². The quantitative estimate of drug-likeness (QED) is 0.664. The standard InChI is InChI=1S/C22H24ClN3O3/c23-17-6-9-19-20(14-17)29-22(28)26(19)13-10-21(27)24-15-16-4-7-18(8-5-16)25-11-2-1-3-12-25/h4-9,14H,1-3,10-13,15H2,(H,24,27). The first-order chi connectivity index (χ1) is 14.1. The first kappa shape index (κ1) is 19.6. The summed E-state index contributed by atoms with van der Waals surface area (Å²) in [7, 11) is 0. The third-order valence-corrected chi connectivity index (χ3v) is 5.58. The lowest BCUT2D eigenvalue weighted by Crippen LogP contribution is -2.29. The van der Waals surface area contributed by atoms with Gasteiger partial charge in [0.2, 0.25) is 5.91 Å². The molecule has 0 unspecified atom stereocenters. The van der Waals surface area contributed by atoms with Gasteiger partial charge in [0.1, 0.15) is 0 Å². The maximum Gasteiger partial charge on any atom is 0.419 e. The van der Waals surface area contributed by atoms with E-state index in [4.69, 9.17) is 16.0 Å². The number of halogens is 1. The number of benzene rings is 2. The normalized spacial score (nSPS) is 14.3. The molecule has 1 N–H and O–H groups in total. The number of fused-ring (bicyclic) bond motifs is 1. The van der Waals surface area contributed by atoms with Gasteiger partial charge in [-0.25, -0.2) is 4.79 Å². The number of nitrogens with one attached hydrogen (secondary N) is 1. The summed E-state index contributed by atoms with van der Waals surface area (Å²) in [5.41, 5.74) is 3.36. The predicted octanol–water partition coefficient (Wildman–Crippen LogP) is 3.94. The molecule has 1 amide bonds. The summed E-state index contributed by atoms with van der Waals surface area (Å²) >= 11 is 5.92. The van der Waals surface area contributed by atoms with E-state index < -0.39 is 5.76 Å². The number of amides is 1. The summed E-state index contributed by atoms with van der Waals surface area (Å²) in [6, 6.07) is 13.4. The molecule has 0 spiro atoms. The molecule has 0 saturated carbocycles. The van der Waals surface area contributed by atoms with E-state index in [0.717, 1.165) is 18.7 Å². The molecular weight excluding hydrogens is 390 g/mol. The van der Waals surface area contributed by atoms with Crippen LogP contribution in [0.4, 0.5) is 5.69 Å². The largest absolute Gasteiger partial charge is 0.419 e. The summed E-state index contributed by atoms with van der Waals surface area (Å²) in [6.07, 6.45) is 4.01. The van der Waals surface area contributed by atoms with Crippen LogP contribution in [0, 0.1) is 0 Å². The maximum atomic E-state index is 12.2. The summed E-state index contributed by atoms with van der Waals surface area (Å²) in [4.78, 5) is 26.7. The van der Waals surface area contributed by atoms with E-state index in [1.807, 2.05) is 0 Å². The van der Waals surface area contributed by atoms with Gasteiger partial charge in [-0.3, -0.25) is 9.36 Å². The summed E-state index contributed by atoms with van der Waals surface area (Å²) < 4.78 is 6.65. The fraction of sp³-hybridized carbons (Fsp3) is 0.364. The Balaban J connectivity index is 1.30. The van der Waals surface area contributed by atoms with Crippen LogP contribution in [0.1, 0.15) is 31.2 Å². The number of hydrogen-bond donors (Lipinski definition) is 1. The van der Waals surface area contributed by atoms with Crippen LogP contribution in [-0.4, -0.2) is 23.6 Å². The topological polar surface area (TPSA) is 67.5 Å². The van der Waals surface area contributed by atoms with Crippen LogP contribution < -0.4 is 16.0 Å². The second-order valence-corrected chi connectivity index (χ2v) is 7.81. The van der Waals surface area contributed by atoms with Crippen molar-refractivity contribution >= 4 is 34.3 Å². The van der Waals surface area contributed by atoms with Crippen LogP contribution in [0.3, 0.4) is 0 Å². The Bertz CT molecular complexity index is 1050. The Hall–Kier alpha value is -2.73. The molecule has 1 aromatic heterocycles. The average molecular weight is 414 g/mol. The Morgan fingerprint density at radius 1 is 1.07 bits per heavy atom. The highest BCUT2D eigenvalue weighted by Gasteiger charge is 2.12. The van der Waals surface area contributed by atoms with Gasteiger partial charge in [0, 0.05) is 49.4 Å². The molecule has 1 aliphatic heterocycles. The Morgan fingerprint density at radius 3 is 2.59 bits per heavy atom. The number of hydrogen-bond acceptors (Lipinski definition) is 4. The van der Waals surface area contributed by atoms with Crippen molar-refractivity contribution in [1.82, 2.24) is 9.88 Å². The van der Waals surface area contributed by atoms with Crippen LogP contribution in [0.15, 0.2) is 51.7 Å². The lowest BCUT2D eigenvalue weighted by Gasteiger charge is -2.28. The Kier molecular flexibility index (Phi) is 5.90. The second-order valence-electron chi connectivity index (χ2n) is 7.37. The van der Waals surface area contributed by atoms with E-state index in [1.165, 1.54) is 29.5 Å². The fourth-order valence-electron chi connectivity index (χ4n) is 3.73. The zero-order valence-corrected chi connectivity index (χ0v) is 17.0. The van der Waals surface area contributed by atoms with Crippen molar-refractivity contribution in [3.8, 4) is 0 Å². The smallest absolute Gasteiger partial charge is 0.408 e. The van der Waals surface area contributed by atoms with Crippen LogP contribution in [-0.2, 0) is 17.9 Å². The number of carbonyl (C=O) groups excluding carboxylic acids is 1. The number of carbonyl (C=O) groups is 1. The molecule has 2 aromatic carbocycles. The van der Waals surface area contributed by atoms with Gasteiger partial charge in [0.15, 0.2) is 5.58 Å². The number of rotatable bonds is 6. The van der Waals surface area contributed by atoms with Crippen molar-refractivity contribution in [1.29, 1.82) is 0 Å². The molecule has 152 valence electrons. The molecule has 7 heteroatoms. The van der Waals surface area contributed by atoms with Crippen molar-refractivity contribution in [2.75, 3.05) is 18.0 Å². The van der Waals surface area contributed by atoms with Gasteiger partial charge in [0.25, 0.3) is 0 Å². The van der Waals surface area contributed by atoms with Gasteiger partial charge in [0.05, 0.1) is 5.52 Å². The molecule has 4 rings (SSSR count). The molecule has 0 bridgehead atoms. The number of piperidine rings is 1. The molecule has 29 heavy (non-hydrogen) atoms. The molecule has 1 saturated heterocycles. The molecule has 0 atom stereocenters. The highest BCUT2D eigenvalue weighted by atomic mass is 35.5. The van der Waals surface area contributed by atoms with Gasteiger partial charge in [-0.2, -0.15) is 0 Å². The minimum atomic E-state index is -0.483. The van der Waals surface area contributed by atoms with Gasteiger partial charge in [-0.15, -0.1) is 0 Å². The van der Waals surface area contributed by atoms with Gasteiger partial charge < -0.3 is 14.6 Å². The Labute approximate surface area is 174 Å². The number of nitrogens with zero attached hydrogens (tertiary/aromatic N) is 2. The molecular formula is C22H24ClN3O3. The van der Waals surface area contributed by atoms with Gasteiger partial charge >= 0.3 is 5.76 Å². The molecule has 0 aliphatic carbocycles. The third-order valence-electron chi connectivity index (χ3n) is 5.34. The van der Waals surface area contributed by atoms with Crippen molar-refractivity contribution in [2.45, 2.75) is 38.8 Å². The van der Waals surface area contributed by atoms with Crippen molar-refractivity contribution in [3.63, 3.8) is 0 Å². The zero-order valence-electron chi connectivity index (χ0n) is 16.2. The van der Waals surface area contributed by atoms with E-state index in [-0.39, 0.29) is 18.9 Å². The monoisotopic (exact) mass is 413 g/mol. The second kappa shape index (κ2) is 8.74. The highest BCUT2D eigenvalue weighted by Crippen LogP contribution is 2.20. The van der Waals surface area contributed by atoms with Crippen LogP contribution in [0.2, 0.25) is 5.02 Å². The molecule has 1 aliphatic rings. The lowest BCUT2D eigenvalue weighted by molar-refractivity contribution is -0.121. The van der Waals surface area contributed by atoms with Crippen molar-refractivity contribution in [3.05, 3.63) is 63.6 Å². The predicted molar refractivity (Wildman–Crippen MR) is 114 cm³/mol. The molecule has 0 radical (unpaired) electrons. The molecule has 1 fully saturated rings. The van der Waals surface area contributed by atoms with Crippen LogP contribution >= 0.6 is 11.6 Å². The van der Waals surface area contributed by atoms with Crippen LogP contribution in [0.5, 0.6) is 0 Å². The van der Waals surface area contributed by atoms with Crippen molar-refractivity contribution < 1.29 is 9.21 Å². The Morgan fingerprint density at radius 2 is 1.83 bits per heavy atom. The van der Waals surface area contributed by atoms with E-state index >= 15 is 0 Å². The fourth-order valence-corrected chi connectivity index (χ4v) is 3.89. The van der Waals surface area contributed by atoms with E-state index in [9.17, 15) is 9.59 Å². The zero-order chi connectivity index (χ0) is 20.2. The average Bonchev–Trinajstić information content (AvgIpc) is 3.05. The van der Waals surface area contributed by atoms with E-state index in [1.54, 1.807) is 18.2 Å². The number of anilines is 1. The third kappa shape index (κ3) is 4.65. The SMILES string of the molecule is O=C(CCn1c(=O)oc2cc(Cl)ccc21)NCc1ccc(N2CCCCC2)cc1. The highest BCUT2D eigenvalue weighted by molar-refractivity contribution is 6.31. The summed E-state index contributed by atoms with van der Waals surface area (Å²) in [6.45, 7) is 2.96. The van der Waals surface area contributed by atoms with Crippen LogP contribution in [0.25, 0.3) is 11.1 Å². The molecule has 6 nitrogen and oxygen atoms in total. The minimum absolute atomic E-state index is 0.111. The first-order valence-electron chi connectivity index (χ1n) is 10.00. The van der Waals surface area contributed by atoms with E-state index in [0.29, 0.717) is 22.7 Å². The lowest BCUT2D eigenvalue weighted by atomic mass is 10.1. The summed E-state index contributed by atoms with van der Waals surface area (Å²) in [5.74, 6) is -0.594. The summed E-state index contributed by atoms with van der Waals surface area (Å²) in [5, 5.41) is 3.42. The molecule has 2 heterocycles. The molecule has 3 aromatic rings. The van der Waals surface area contributed by atoms with Gasteiger partial charge in [-0.05, 0) is 49.1 Å². The maximum absolute atomic E-state index is 12.2. The number of aromatic nitrogens is 1. The number of oxazole rings is 1. The van der Waals surface area contributed by atoms with E-state index in [2.05, 4.69) is 34.5 Å². The van der Waals surface area contributed by atoms with Crippen molar-refractivity contribution in [2.24, 2.45) is 0 Å². The number of aryl methyl sites for hydroxylation is 1. The first-order valence-corrected chi connectivity index (χ1v) is 10.4. The minimum Gasteiger partial charge on any atom is -0.408 e.